The van der Waals surface area contributed by atoms with Gasteiger partial charge in [-0.15, -0.1) is 10.2 Å². The molecule has 0 spiro atoms. The number of halogens is 2. The second-order valence-electron chi connectivity index (χ2n) is 6.64. The molecule has 4 rings (SSSR count). The first-order chi connectivity index (χ1) is 15.6. The van der Waals surface area contributed by atoms with Gasteiger partial charge in [0.25, 0.3) is 0 Å². The van der Waals surface area contributed by atoms with Gasteiger partial charge in [0.2, 0.25) is 5.91 Å². The quantitative estimate of drug-likeness (QED) is 0.402. The molecule has 0 aliphatic rings. The maximum Gasteiger partial charge on any atom is 0.235 e. The summed E-state index contributed by atoms with van der Waals surface area (Å²) in [4.78, 5) is 12.3. The number of carbonyl (C=O) groups excluding carboxylic acids is 1. The first-order valence-electron chi connectivity index (χ1n) is 9.58. The lowest BCUT2D eigenvalue weighted by Crippen LogP contribution is -2.16. The average Bonchev–Trinajstić information content (AvgIpc) is 3.25. The van der Waals surface area contributed by atoms with Crippen molar-refractivity contribution in [3.05, 3.63) is 84.4 Å². The van der Waals surface area contributed by atoms with Gasteiger partial charge >= 0.3 is 0 Å². The van der Waals surface area contributed by atoms with Crippen molar-refractivity contribution in [1.29, 1.82) is 0 Å². The van der Waals surface area contributed by atoms with Crippen LogP contribution in [0.15, 0.2) is 78.0 Å². The minimum Gasteiger partial charge on any atom is -0.497 e. The van der Waals surface area contributed by atoms with Crippen molar-refractivity contribution in [2.75, 3.05) is 18.2 Å². The Bertz CT molecular complexity index is 1210. The number of hydrogen-bond acceptors (Lipinski definition) is 5. The highest BCUT2D eigenvalue weighted by molar-refractivity contribution is 7.99. The predicted molar refractivity (Wildman–Crippen MR) is 119 cm³/mol. The highest BCUT2D eigenvalue weighted by atomic mass is 32.2. The van der Waals surface area contributed by atoms with E-state index in [1.165, 1.54) is 6.07 Å². The van der Waals surface area contributed by atoms with Crippen molar-refractivity contribution >= 4 is 23.4 Å². The van der Waals surface area contributed by atoms with Gasteiger partial charge in [0.15, 0.2) is 11.0 Å². The average molecular weight is 452 g/mol. The minimum absolute atomic E-state index is 0.110. The number of ether oxygens (including phenoxy) is 1. The van der Waals surface area contributed by atoms with Crippen LogP contribution in [0, 0.1) is 11.6 Å². The third kappa shape index (κ3) is 4.62. The number of nitrogens with one attached hydrogen (secondary N) is 1. The summed E-state index contributed by atoms with van der Waals surface area (Å²) in [7, 11) is 1.59. The normalized spacial score (nSPS) is 10.7. The lowest BCUT2D eigenvalue weighted by atomic mass is 10.2. The Morgan fingerprint density at radius 3 is 2.31 bits per heavy atom. The van der Waals surface area contributed by atoms with E-state index in [1.807, 2.05) is 59.2 Å². The summed E-state index contributed by atoms with van der Waals surface area (Å²) in [5.74, 6) is -1.04. The number of amides is 1. The fourth-order valence-electron chi connectivity index (χ4n) is 3.02. The largest absolute Gasteiger partial charge is 0.497 e. The lowest BCUT2D eigenvalue weighted by Gasteiger charge is -2.11. The number of hydrogen-bond donors (Lipinski definition) is 1. The number of rotatable bonds is 7. The maximum absolute atomic E-state index is 13.8. The summed E-state index contributed by atoms with van der Waals surface area (Å²) >= 11 is 1.11. The third-order valence-corrected chi connectivity index (χ3v) is 5.48. The van der Waals surface area contributed by atoms with Crippen LogP contribution in [0.1, 0.15) is 0 Å². The monoisotopic (exact) mass is 452 g/mol. The Hall–Kier alpha value is -3.72. The van der Waals surface area contributed by atoms with Crippen molar-refractivity contribution in [2.24, 2.45) is 0 Å². The first kappa shape index (κ1) is 21.5. The number of nitrogens with zero attached hydrogens (tertiary/aromatic N) is 3. The molecular formula is C23H18F2N4O2S. The zero-order valence-corrected chi connectivity index (χ0v) is 17.8. The van der Waals surface area contributed by atoms with Gasteiger partial charge in [-0.3, -0.25) is 9.36 Å². The summed E-state index contributed by atoms with van der Waals surface area (Å²) in [6.07, 6.45) is 0. The fraction of sp³-hybridized carbons (Fsp3) is 0.0870. The number of para-hydroxylation sites is 2. The number of benzene rings is 3. The van der Waals surface area contributed by atoms with Gasteiger partial charge in [0.05, 0.1) is 12.9 Å². The van der Waals surface area contributed by atoms with Crippen molar-refractivity contribution < 1.29 is 18.3 Å². The van der Waals surface area contributed by atoms with Crippen LogP contribution in [0.5, 0.6) is 5.75 Å². The summed E-state index contributed by atoms with van der Waals surface area (Å²) in [6.45, 7) is 0. The van der Waals surface area contributed by atoms with E-state index in [0.717, 1.165) is 35.1 Å². The van der Waals surface area contributed by atoms with E-state index in [2.05, 4.69) is 15.5 Å². The van der Waals surface area contributed by atoms with Crippen LogP contribution in [0.25, 0.3) is 17.1 Å². The van der Waals surface area contributed by atoms with E-state index in [9.17, 15) is 13.6 Å². The molecule has 4 aromatic rings. The Morgan fingerprint density at radius 1 is 0.969 bits per heavy atom. The summed E-state index contributed by atoms with van der Waals surface area (Å²) in [5, 5.41) is 11.3. The summed E-state index contributed by atoms with van der Waals surface area (Å²) < 4.78 is 34.6. The van der Waals surface area contributed by atoms with Crippen LogP contribution >= 0.6 is 11.8 Å². The highest BCUT2D eigenvalue weighted by Crippen LogP contribution is 2.29. The fourth-order valence-corrected chi connectivity index (χ4v) is 3.78. The third-order valence-electron chi connectivity index (χ3n) is 4.56. The molecule has 162 valence electrons. The molecule has 0 saturated carbocycles. The van der Waals surface area contributed by atoms with E-state index < -0.39 is 23.2 Å². The SMILES string of the molecule is COc1ccc(-c2nnc(SCC(=O)Nc3c(F)cccc3F)n2-c2ccccc2)cc1. The van der Waals surface area contributed by atoms with Crippen LogP contribution in [0.2, 0.25) is 0 Å². The molecule has 0 saturated heterocycles. The standard InChI is InChI=1S/C23H18F2N4O2S/c1-31-17-12-10-15(11-13-17)22-27-28-23(29(22)16-6-3-2-4-7-16)32-14-20(30)26-21-18(24)8-5-9-19(21)25/h2-13H,14H2,1H3,(H,26,30). The Balaban J connectivity index is 1.60. The molecule has 0 aliphatic carbocycles. The number of anilines is 1. The molecule has 0 radical (unpaired) electrons. The molecule has 1 N–H and O–H groups in total. The second-order valence-corrected chi connectivity index (χ2v) is 7.58. The van der Waals surface area contributed by atoms with E-state index in [0.29, 0.717) is 16.7 Å². The van der Waals surface area contributed by atoms with Crippen LogP contribution in [0.3, 0.4) is 0 Å². The van der Waals surface area contributed by atoms with Crippen molar-refractivity contribution in [2.45, 2.75) is 5.16 Å². The van der Waals surface area contributed by atoms with Crippen molar-refractivity contribution in [3.63, 3.8) is 0 Å². The number of thioether (sulfide) groups is 1. The van der Waals surface area contributed by atoms with Crippen LogP contribution in [0.4, 0.5) is 14.5 Å². The van der Waals surface area contributed by atoms with Gasteiger partial charge in [-0.05, 0) is 48.5 Å². The molecule has 32 heavy (non-hydrogen) atoms. The molecule has 0 aliphatic heterocycles. The molecule has 1 heterocycles. The predicted octanol–water partition coefficient (Wildman–Crippen LogP) is 4.95. The molecular weight excluding hydrogens is 434 g/mol. The molecule has 1 aromatic heterocycles. The van der Waals surface area contributed by atoms with E-state index in [-0.39, 0.29) is 5.75 Å². The van der Waals surface area contributed by atoms with Gasteiger partial charge in [0.1, 0.15) is 23.1 Å². The first-order valence-corrected chi connectivity index (χ1v) is 10.6. The van der Waals surface area contributed by atoms with Gasteiger partial charge in [-0.2, -0.15) is 0 Å². The van der Waals surface area contributed by atoms with Gasteiger partial charge in [-0.1, -0.05) is 36.0 Å². The number of carbonyl (C=O) groups is 1. The van der Waals surface area contributed by atoms with Crippen LogP contribution < -0.4 is 10.1 Å². The topological polar surface area (TPSA) is 69.0 Å². The second kappa shape index (κ2) is 9.61. The van der Waals surface area contributed by atoms with E-state index in [1.54, 1.807) is 7.11 Å². The van der Waals surface area contributed by atoms with E-state index in [4.69, 9.17) is 4.74 Å². The Labute approximate surface area is 187 Å². The van der Waals surface area contributed by atoms with Gasteiger partial charge in [-0.25, -0.2) is 8.78 Å². The zero-order chi connectivity index (χ0) is 22.5. The lowest BCUT2D eigenvalue weighted by molar-refractivity contribution is -0.113. The van der Waals surface area contributed by atoms with Crippen molar-refractivity contribution in [3.8, 4) is 22.8 Å². The highest BCUT2D eigenvalue weighted by Gasteiger charge is 2.18. The Morgan fingerprint density at radius 2 is 1.66 bits per heavy atom. The van der Waals surface area contributed by atoms with Crippen LogP contribution in [-0.4, -0.2) is 33.5 Å². The summed E-state index contributed by atoms with van der Waals surface area (Å²) in [6, 6.07) is 20.2. The smallest absolute Gasteiger partial charge is 0.235 e. The molecule has 0 fully saturated rings. The molecule has 1 amide bonds. The summed E-state index contributed by atoms with van der Waals surface area (Å²) in [5.41, 5.74) is 1.15. The molecule has 0 unspecified atom stereocenters. The van der Waals surface area contributed by atoms with Gasteiger partial charge < -0.3 is 10.1 Å². The van der Waals surface area contributed by atoms with E-state index >= 15 is 0 Å². The molecule has 6 nitrogen and oxygen atoms in total. The maximum atomic E-state index is 13.8. The number of methoxy groups -OCH3 is 1. The zero-order valence-electron chi connectivity index (χ0n) is 17.0. The molecule has 9 heteroatoms. The molecule has 0 bridgehead atoms. The van der Waals surface area contributed by atoms with Gasteiger partial charge in [0, 0.05) is 11.3 Å². The van der Waals surface area contributed by atoms with Crippen molar-refractivity contribution in [1.82, 2.24) is 14.8 Å². The van der Waals surface area contributed by atoms with Crippen LogP contribution in [-0.2, 0) is 4.79 Å². The minimum atomic E-state index is -0.836. The Kier molecular flexibility index (Phi) is 6.46. The molecule has 0 atom stereocenters. The number of aromatic nitrogens is 3. The molecule has 3 aromatic carbocycles.